The first-order chi connectivity index (χ1) is 8.22. The zero-order valence-corrected chi connectivity index (χ0v) is 10.5. The molecule has 0 aromatic heterocycles. The average Bonchev–Trinajstić information content (AvgIpc) is 2.62. The normalized spacial score (nSPS) is 18.4. The van der Waals surface area contributed by atoms with Crippen molar-refractivity contribution in [2.75, 3.05) is 25.1 Å². The molecule has 1 aromatic rings. The number of hydrogen-bond donors (Lipinski definition) is 1. The predicted octanol–water partition coefficient (Wildman–Crippen LogP) is 1.71. The van der Waals surface area contributed by atoms with Crippen LogP contribution in [0.15, 0.2) is 18.2 Å². The van der Waals surface area contributed by atoms with Crippen LogP contribution in [0.2, 0.25) is 0 Å². The van der Waals surface area contributed by atoms with Gasteiger partial charge in [0.15, 0.2) is 0 Å². The van der Waals surface area contributed by atoms with E-state index in [9.17, 15) is 4.79 Å². The summed E-state index contributed by atoms with van der Waals surface area (Å²) in [5.41, 5.74) is 2.00. The average molecular weight is 234 g/mol. The maximum absolute atomic E-state index is 12.2. The lowest BCUT2D eigenvalue weighted by Gasteiger charge is -2.15. The van der Waals surface area contributed by atoms with Gasteiger partial charge in [-0.1, -0.05) is 13.0 Å². The van der Waals surface area contributed by atoms with Crippen molar-refractivity contribution in [3.8, 4) is 5.75 Å². The Morgan fingerprint density at radius 2 is 2.18 bits per heavy atom. The van der Waals surface area contributed by atoms with Gasteiger partial charge in [0, 0.05) is 18.2 Å². The van der Waals surface area contributed by atoms with Gasteiger partial charge in [0.05, 0.1) is 12.8 Å². The molecule has 4 nitrogen and oxygen atoms in total. The number of anilines is 1. The van der Waals surface area contributed by atoms with Crippen LogP contribution in [0.5, 0.6) is 5.75 Å². The lowest BCUT2D eigenvalue weighted by atomic mass is 10.1. The quantitative estimate of drug-likeness (QED) is 0.862. The summed E-state index contributed by atoms with van der Waals surface area (Å²) in [6.45, 7) is 5.45. The minimum Gasteiger partial charge on any atom is -0.497 e. The molecule has 1 aliphatic rings. The third-order valence-corrected chi connectivity index (χ3v) is 3.08. The van der Waals surface area contributed by atoms with E-state index in [2.05, 4.69) is 5.32 Å². The van der Waals surface area contributed by atoms with Gasteiger partial charge in [-0.25, -0.2) is 0 Å². The Hall–Kier alpha value is -1.55. The van der Waals surface area contributed by atoms with Gasteiger partial charge in [-0.3, -0.25) is 4.79 Å². The lowest BCUT2D eigenvalue weighted by Crippen LogP contribution is -2.34. The smallest absolute Gasteiger partial charge is 0.248 e. The molecule has 1 heterocycles. The van der Waals surface area contributed by atoms with Gasteiger partial charge < -0.3 is 15.0 Å². The summed E-state index contributed by atoms with van der Waals surface area (Å²) in [5.74, 6) is 0.907. The van der Waals surface area contributed by atoms with E-state index in [0.29, 0.717) is 6.54 Å². The lowest BCUT2D eigenvalue weighted by molar-refractivity contribution is -0.119. The summed E-state index contributed by atoms with van der Waals surface area (Å²) in [7, 11) is 1.64. The molecule has 0 spiro atoms. The molecule has 1 atom stereocenters. The molecule has 1 amide bonds. The van der Waals surface area contributed by atoms with Crippen LogP contribution in [0.3, 0.4) is 0 Å². The molecule has 17 heavy (non-hydrogen) atoms. The van der Waals surface area contributed by atoms with Gasteiger partial charge in [0.2, 0.25) is 5.91 Å². The first-order valence-electron chi connectivity index (χ1n) is 5.95. The Bertz CT molecular complexity index is 431. The number of rotatable bonds is 4. The van der Waals surface area contributed by atoms with Gasteiger partial charge in [-0.05, 0) is 19.5 Å². The molecule has 0 saturated heterocycles. The maximum atomic E-state index is 12.2. The topological polar surface area (TPSA) is 41.6 Å². The van der Waals surface area contributed by atoms with Gasteiger partial charge in [0.25, 0.3) is 0 Å². The first kappa shape index (κ1) is 11.9. The Morgan fingerprint density at radius 3 is 2.76 bits per heavy atom. The van der Waals surface area contributed by atoms with Crippen LogP contribution in [0, 0.1) is 0 Å². The van der Waals surface area contributed by atoms with Gasteiger partial charge >= 0.3 is 0 Å². The van der Waals surface area contributed by atoms with Crippen molar-refractivity contribution in [1.29, 1.82) is 0 Å². The monoisotopic (exact) mass is 234 g/mol. The van der Waals surface area contributed by atoms with E-state index in [1.165, 1.54) is 0 Å². The minimum absolute atomic E-state index is 0.123. The predicted molar refractivity (Wildman–Crippen MR) is 67.4 cm³/mol. The third-order valence-electron chi connectivity index (χ3n) is 3.08. The van der Waals surface area contributed by atoms with Crippen LogP contribution in [-0.4, -0.2) is 26.1 Å². The third kappa shape index (κ3) is 1.89. The fourth-order valence-corrected chi connectivity index (χ4v) is 2.26. The molecule has 1 N–H and O–H groups in total. The highest BCUT2D eigenvalue weighted by Crippen LogP contribution is 2.37. The van der Waals surface area contributed by atoms with E-state index in [1.54, 1.807) is 12.0 Å². The SMILES string of the molecule is CCNC1C(=O)N(CC)c2cc(OC)ccc21. The second-order valence-electron chi connectivity index (χ2n) is 4.00. The molecule has 0 fully saturated rings. The number of methoxy groups -OCH3 is 1. The Kier molecular flexibility index (Phi) is 3.33. The fraction of sp³-hybridized carbons (Fsp3) is 0.462. The summed E-state index contributed by atoms with van der Waals surface area (Å²) in [6, 6.07) is 5.58. The number of fused-ring (bicyclic) bond motifs is 1. The standard InChI is InChI=1S/C13H18N2O2/c1-4-14-12-10-7-6-9(17-3)8-11(10)15(5-2)13(12)16/h6-8,12,14H,4-5H2,1-3H3. The highest BCUT2D eigenvalue weighted by molar-refractivity contribution is 6.04. The summed E-state index contributed by atoms with van der Waals surface area (Å²) in [6.07, 6.45) is 0. The summed E-state index contributed by atoms with van der Waals surface area (Å²) >= 11 is 0. The van der Waals surface area contributed by atoms with Crippen molar-refractivity contribution in [2.24, 2.45) is 0 Å². The number of carbonyl (C=O) groups is 1. The van der Waals surface area contributed by atoms with Gasteiger partial charge in [-0.2, -0.15) is 0 Å². The van der Waals surface area contributed by atoms with Gasteiger partial charge in [-0.15, -0.1) is 0 Å². The second kappa shape index (κ2) is 4.75. The summed E-state index contributed by atoms with van der Waals surface area (Å²) in [4.78, 5) is 14.0. The number of carbonyl (C=O) groups excluding carboxylic acids is 1. The molecule has 1 aromatic carbocycles. The molecular weight excluding hydrogens is 216 g/mol. The molecule has 0 aliphatic carbocycles. The Balaban J connectivity index is 2.44. The Morgan fingerprint density at radius 1 is 1.41 bits per heavy atom. The van der Waals surface area contributed by atoms with Crippen molar-refractivity contribution < 1.29 is 9.53 Å². The first-order valence-corrected chi connectivity index (χ1v) is 5.95. The highest BCUT2D eigenvalue weighted by atomic mass is 16.5. The van der Waals surface area contributed by atoms with Crippen LogP contribution < -0.4 is 15.0 Å². The second-order valence-corrected chi connectivity index (χ2v) is 4.00. The Labute approximate surface area is 102 Å². The highest BCUT2D eigenvalue weighted by Gasteiger charge is 2.35. The van der Waals surface area contributed by atoms with Crippen molar-refractivity contribution in [3.63, 3.8) is 0 Å². The van der Waals surface area contributed by atoms with E-state index in [4.69, 9.17) is 4.74 Å². The van der Waals surface area contributed by atoms with Crippen LogP contribution in [0.1, 0.15) is 25.5 Å². The van der Waals surface area contributed by atoms with E-state index in [0.717, 1.165) is 23.5 Å². The molecule has 4 heteroatoms. The number of hydrogen-bond acceptors (Lipinski definition) is 3. The van der Waals surface area contributed by atoms with Crippen molar-refractivity contribution in [1.82, 2.24) is 5.32 Å². The zero-order chi connectivity index (χ0) is 12.4. The molecule has 92 valence electrons. The summed E-state index contributed by atoms with van der Waals surface area (Å²) < 4.78 is 5.20. The molecule has 0 saturated carbocycles. The van der Waals surface area contributed by atoms with Crippen molar-refractivity contribution >= 4 is 11.6 Å². The molecular formula is C13H18N2O2. The van der Waals surface area contributed by atoms with E-state index in [1.807, 2.05) is 32.0 Å². The van der Waals surface area contributed by atoms with E-state index >= 15 is 0 Å². The molecule has 2 rings (SSSR count). The number of likely N-dealkylation sites (N-methyl/N-ethyl adjacent to an activating group) is 2. The molecule has 0 bridgehead atoms. The van der Waals surface area contributed by atoms with Crippen LogP contribution in [0.4, 0.5) is 5.69 Å². The molecule has 0 radical (unpaired) electrons. The van der Waals surface area contributed by atoms with E-state index < -0.39 is 0 Å². The number of amides is 1. The van der Waals surface area contributed by atoms with Crippen LogP contribution in [0.25, 0.3) is 0 Å². The summed E-state index contributed by atoms with van der Waals surface area (Å²) in [5, 5.41) is 3.22. The zero-order valence-electron chi connectivity index (χ0n) is 10.5. The fourth-order valence-electron chi connectivity index (χ4n) is 2.26. The number of nitrogens with one attached hydrogen (secondary N) is 1. The largest absolute Gasteiger partial charge is 0.497 e. The molecule has 1 unspecified atom stereocenters. The number of nitrogens with zero attached hydrogens (tertiary/aromatic N) is 1. The van der Waals surface area contributed by atoms with E-state index in [-0.39, 0.29) is 11.9 Å². The van der Waals surface area contributed by atoms with Crippen molar-refractivity contribution in [2.45, 2.75) is 19.9 Å². The number of ether oxygens (including phenoxy) is 1. The minimum atomic E-state index is -0.208. The number of benzene rings is 1. The maximum Gasteiger partial charge on any atom is 0.248 e. The van der Waals surface area contributed by atoms with Crippen LogP contribution in [-0.2, 0) is 4.79 Å². The molecule has 1 aliphatic heterocycles. The van der Waals surface area contributed by atoms with Crippen LogP contribution >= 0.6 is 0 Å². The van der Waals surface area contributed by atoms with Gasteiger partial charge in [0.1, 0.15) is 11.8 Å². The van der Waals surface area contributed by atoms with Crippen molar-refractivity contribution in [3.05, 3.63) is 23.8 Å².